The standard InChI is InChI=1S/C10H12N2O3S/c1-2-3-5-4-16-9-6(11)8(13)12(9)7(5)10(14)15/h2-3,6,9H,4,11H2,1H3,(H,14,15)/b3-2-/t6-,9?/m1/s1. The van der Waals surface area contributed by atoms with E-state index in [4.69, 9.17) is 10.8 Å². The highest BCUT2D eigenvalue weighted by atomic mass is 32.2. The summed E-state index contributed by atoms with van der Waals surface area (Å²) in [4.78, 5) is 24.0. The minimum atomic E-state index is -1.07. The summed E-state index contributed by atoms with van der Waals surface area (Å²) in [6.45, 7) is 1.81. The first-order chi connectivity index (χ1) is 7.57. The Balaban J connectivity index is 2.41. The molecule has 0 radical (unpaired) electrons. The smallest absolute Gasteiger partial charge is 0.352 e. The minimum Gasteiger partial charge on any atom is -0.477 e. The summed E-state index contributed by atoms with van der Waals surface area (Å²) in [5, 5.41) is 8.91. The van der Waals surface area contributed by atoms with Gasteiger partial charge in [0.1, 0.15) is 17.1 Å². The van der Waals surface area contributed by atoms with E-state index in [-0.39, 0.29) is 17.0 Å². The van der Waals surface area contributed by atoms with Crippen molar-refractivity contribution in [3.8, 4) is 0 Å². The predicted molar refractivity (Wildman–Crippen MR) is 60.5 cm³/mol. The van der Waals surface area contributed by atoms with Crippen LogP contribution in [0.1, 0.15) is 6.92 Å². The number of nitrogens with two attached hydrogens (primary N) is 1. The quantitative estimate of drug-likeness (QED) is 0.671. The number of amides is 1. The largest absolute Gasteiger partial charge is 0.477 e. The number of fused-ring (bicyclic) bond motifs is 1. The Labute approximate surface area is 97.0 Å². The summed E-state index contributed by atoms with van der Waals surface area (Å²) < 4.78 is 0. The third kappa shape index (κ3) is 1.45. The van der Waals surface area contributed by atoms with Crippen molar-refractivity contribution < 1.29 is 14.7 Å². The average molecular weight is 240 g/mol. The maximum atomic E-state index is 11.5. The second kappa shape index (κ2) is 3.95. The van der Waals surface area contributed by atoms with Gasteiger partial charge in [0.2, 0.25) is 5.91 Å². The zero-order valence-electron chi connectivity index (χ0n) is 8.71. The number of hydrogen-bond donors (Lipinski definition) is 2. The molecule has 2 rings (SSSR count). The number of carboxylic acid groups (broad SMARTS) is 1. The lowest BCUT2D eigenvalue weighted by Gasteiger charge is -2.47. The summed E-state index contributed by atoms with van der Waals surface area (Å²) in [6, 6.07) is -0.563. The molecule has 3 N–H and O–H groups in total. The van der Waals surface area contributed by atoms with Gasteiger partial charge in [-0.3, -0.25) is 9.69 Å². The summed E-state index contributed by atoms with van der Waals surface area (Å²) >= 11 is 1.50. The van der Waals surface area contributed by atoms with E-state index >= 15 is 0 Å². The lowest BCUT2D eigenvalue weighted by atomic mass is 10.0. The van der Waals surface area contributed by atoms with Gasteiger partial charge in [-0.25, -0.2) is 4.79 Å². The fourth-order valence-electron chi connectivity index (χ4n) is 1.87. The van der Waals surface area contributed by atoms with Crippen LogP contribution < -0.4 is 5.73 Å². The molecule has 1 fully saturated rings. The van der Waals surface area contributed by atoms with E-state index in [2.05, 4.69) is 0 Å². The zero-order valence-corrected chi connectivity index (χ0v) is 9.53. The minimum absolute atomic E-state index is 0.0774. The van der Waals surface area contributed by atoms with Crippen LogP contribution in [-0.2, 0) is 9.59 Å². The van der Waals surface area contributed by atoms with E-state index in [1.807, 2.05) is 6.92 Å². The van der Waals surface area contributed by atoms with Crippen LogP contribution >= 0.6 is 11.8 Å². The number of carbonyl (C=O) groups is 2. The van der Waals surface area contributed by atoms with E-state index in [9.17, 15) is 9.59 Å². The monoisotopic (exact) mass is 240 g/mol. The second-order valence-corrected chi connectivity index (χ2v) is 4.72. The molecular weight excluding hydrogens is 228 g/mol. The molecule has 2 heterocycles. The Morgan fingerprint density at radius 3 is 2.94 bits per heavy atom. The van der Waals surface area contributed by atoms with Gasteiger partial charge >= 0.3 is 5.97 Å². The number of carboxylic acids is 1. The Morgan fingerprint density at radius 1 is 1.69 bits per heavy atom. The number of rotatable bonds is 2. The molecule has 0 aliphatic carbocycles. The zero-order chi connectivity index (χ0) is 11.9. The first-order valence-corrected chi connectivity index (χ1v) is 5.92. The lowest BCUT2D eigenvalue weighted by Crippen LogP contribution is -2.68. The van der Waals surface area contributed by atoms with Crippen molar-refractivity contribution in [2.75, 3.05) is 5.75 Å². The van der Waals surface area contributed by atoms with Crippen LogP contribution in [0.5, 0.6) is 0 Å². The van der Waals surface area contributed by atoms with Gasteiger partial charge in [0.05, 0.1) is 0 Å². The van der Waals surface area contributed by atoms with Crippen LogP contribution in [0.3, 0.4) is 0 Å². The molecule has 0 aromatic heterocycles. The number of carbonyl (C=O) groups excluding carboxylic acids is 1. The van der Waals surface area contributed by atoms with Gasteiger partial charge in [0.15, 0.2) is 0 Å². The normalized spacial score (nSPS) is 29.4. The molecule has 6 heteroatoms. The molecule has 1 saturated heterocycles. The van der Waals surface area contributed by atoms with Crippen LogP contribution in [0.25, 0.3) is 0 Å². The fourth-order valence-corrected chi connectivity index (χ4v) is 3.13. The number of nitrogens with zero attached hydrogens (tertiary/aromatic N) is 1. The van der Waals surface area contributed by atoms with E-state index in [0.29, 0.717) is 11.3 Å². The summed E-state index contributed by atoms with van der Waals surface area (Å²) in [6.07, 6.45) is 3.49. The topological polar surface area (TPSA) is 83.6 Å². The van der Waals surface area contributed by atoms with E-state index in [1.165, 1.54) is 16.7 Å². The Bertz CT molecular complexity index is 416. The first-order valence-electron chi connectivity index (χ1n) is 4.87. The highest BCUT2D eigenvalue weighted by molar-refractivity contribution is 8.00. The SMILES string of the molecule is C/C=C\C1=C(C(=O)O)N2C(=O)[C@@H](N)C2SC1. The molecule has 1 unspecified atom stereocenters. The van der Waals surface area contributed by atoms with Crippen molar-refractivity contribution in [2.24, 2.45) is 5.73 Å². The van der Waals surface area contributed by atoms with Crippen molar-refractivity contribution in [1.82, 2.24) is 4.90 Å². The maximum Gasteiger partial charge on any atom is 0.352 e. The maximum absolute atomic E-state index is 11.5. The third-order valence-electron chi connectivity index (χ3n) is 2.61. The number of thioether (sulfide) groups is 1. The van der Waals surface area contributed by atoms with E-state index in [1.54, 1.807) is 12.2 Å². The highest BCUT2D eigenvalue weighted by Gasteiger charge is 2.51. The molecule has 1 amide bonds. The number of β-lactam (4-membered cyclic amide) rings is 1. The van der Waals surface area contributed by atoms with Gasteiger partial charge in [-0.2, -0.15) is 0 Å². The van der Waals surface area contributed by atoms with E-state index < -0.39 is 12.0 Å². The van der Waals surface area contributed by atoms with Gasteiger partial charge < -0.3 is 10.8 Å². The van der Waals surface area contributed by atoms with Crippen LogP contribution in [0.4, 0.5) is 0 Å². The fraction of sp³-hybridized carbons (Fsp3) is 0.400. The molecular formula is C10H12N2O3S. The van der Waals surface area contributed by atoms with Gasteiger partial charge in [-0.15, -0.1) is 11.8 Å². The van der Waals surface area contributed by atoms with Crippen molar-refractivity contribution in [3.63, 3.8) is 0 Å². The molecule has 5 nitrogen and oxygen atoms in total. The van der Waals surface area contributed by atoms with Crippen molar-refractivity contribution in [3.05, 3.63) is 23.4 Å². The molecule has 16 heavy (non-hydrogen) atoms. The molecule has 2 aliphatic rings. The number of aliphatic carboxylic acids is 1. The Hall–Kier alpha value is -1.27. The summed E-state index contributed by atoms with van der Waals surface area (Å²) in [7, 11) is 0. The molecule has 0 spiro atoms. The van der Waals surface area contributed by atoms with Crippen LogP contribution in [0, 0.1) is 0 Å². The average Bonchev–Trinajstić information content (AvgIpc) is 2.27. The Kier molecular flexibility index (Phi) is 2.77. The van der Waals surface area contributed by atoms with Gasteiger partial charge in [0.25, 0.3) is 0 Å². The lowest BCUT2D eigenvalue weighted by molar-refractivity contribution is -0.147. The Morgan fingerprint density at radius 2 is 2.38 bits per heavy atom. The molecule has 0 saturated carbocycles. The van der Waals surface area contributed by atoms with E-state index in [0.717, 1.165) is 0 Å². The van der Waals surface area contributed by atoms with Gasteiger partial charge in [-0.1, -0.05) is 12.2 Å². The molecule has 86 valence electrons. The van der Waals surface area contributed by atoms with Crippen LogP contribution in [0.15, 0.2) is 23.4 Å². The van der Waals surface area contributed by atoms with Crippen molar-refractivity contribution in [2.45, 2.75) is 18.3 Å². The predicted octanol–water partition coefficient (Wildman–Crippen LogP) is 0.144. The van der Waals surface area contributed by atoms with Crippen LogP contribution in [0.2, 0.25) is 0 Å². The molecule has 0 bridgehead atoms. The summed E-state index contributed by atoms with van der Waals surface area (Å²) in [5.74, 6) is -0.802. The molecule has 2 aliphatic heterocycles. The van der Waals surface area contributed by atoms with Crippen molar-refractivity contribution in [1.29, 1.82) is 0 Å². The second-order valence-electron chi connectivity index (χ2n) is 3.61. The van der Waals surface area contributed by atoms with Crippen molar-refractivity contribution >= 4 is 23.6 Å². The van der Waals surface area contributed by atoms with Crippen LogP contribution in [-0.4, -0.2) is 39.1 Å². The van der Waals surface area contributed by atoms with Gasteiger partial charge in [0, 0.05) is 5.75 Å². The molecule has 0 aromatic rings. The number of hydrogen-bond acceptors (Lipinski definition) is 4. The number of allylic oxidation sites excluding steroid dienone is 2. The third-order valence-corrected chi connectivity index (χ3v) is 3.93. The molecule has 0 aromatic carbocycles. The highest BCUT2D eigenvalue weighted by Crippen LogP contribution is 2.39. The molecule has 2 atom stereocenters. The first kappa shape index (κ1) is 11.2. The van der Waals surface area contributed by atoms with Gasteiger partial charge in [-0.05, 0) is 12.5 Å². The summed E-state index contributed by atoms with van der Waals surface area (Å²) in [5.41, 5.74) is 6.35.